The molecule has 2 aromatic carbocycles. The molecule has 1 aliphatic rings. The second-order valence-electron chi connectivity index (χ2n) is 7.50. The summed E-state index contributed by atoms with van der Waals surface area (Å²) in [5.74, 6) is -0.976. The number of methoxy groups -OCH3 is 1. The molecule has 0 aliphatic carbocycles. The Morgan fingerprint density at radius 1 is 1.13 bits per heavy atom. The summed E-state index contributed by atoms with van der Waals surface area (Å²) in [4.78, 5) is 25.6. The second kappa shape index (κ2) is 9.26. The van der Waals surface area contributed by atoms with Crippen molar-refractivity contribution < 1.29 is 28.2 Å². The fraction of sp³-hybridized carbons (Fsp3) is 0.391. The number of hydrogen-bond donors (Lipinski definition) is 1. The SMILES string of the molecule is COC(=O)c1cc(NC(=O)C2(c3ccccc3F)CCOCC2)ccc1OC(C)C. The van der Waals surface area contributed by atoms with Gasteiger partial charge in [0.05, 0.1) is 18.6 Å². The molecular weight excluding hydrogens is 389 g/mol. The summed E-state index contributed by atoms with van der Waals surface area (Å²) < 4.78 is 30.5. The lowest BCUT2D eigenvalue weighted by Gasteiger charge is -2.36. The first-order chi connectivity index (χ1) is 14.4. The Kier molecular flexibility index (Phi) is 6.72. The van der Waals surface area contributed by atoms with Gasteiger partial charge in [-0.1, -0.05) is 18.2 Å². The Morgan fingerprint density at radius 2 is 1.83 bits per heavy atom. The van der Waals surface area contributed by atoms with Gasteiger partial charge in [-0.2, -0.15) is 0 Å². The van der Waals surface area contributed by atoms with Crippen LogP contribution in [0.15, 0.2) is 42.5 Å². The Bertz CT molecular complexity index is 922. The van der Waals surface area contributed by atoms with E-state index in [-0.39, 0.29) is 17.6 Å². The van der Waals surface area contributed by atoms with E-state index in [0.29, 0.717) is 43.1 Å². The Labute approximate surface area is 175 Å². The van der Waals surface area contributed by atoms with Crippen LogP contribution in [0, 0.1) is 5.82 Å². The van der Waals surface area contributed by atoms with Crippen LogP contribution >= 0.6 is 0 Å². The van der Waals surface area contributed by atoms with E-state index in [1.807, 2.05) is 13.8 Å². The molecule has 0 unspecified atom stereocenters. The molecule has 0 spiro atoms. The van der Waals surface area contributed by atoms with Crippen molar-refractivity contribution in [2.45, 2.75) is 38.2 Å². The molecule has 30 heavy (non-hydrogen) atoms. The lowest BCUT2D eigenvalue weighted by molar-refractivity contribution is -0.125. The summed E-state index contributed by atoms with van der Waals surface area (Å²) in [6, 6.07) is 11.1. The molecule has 160 valence electrons. The third kappa shape index (κ3) is 4.46. The summed E-state index contributed by atoms with van der Waals surface area (Å²) in [6.45, 7) is 4.41. The van der Waals surface area contributed by atoms with Gasteiger partial charge in [0.25, 0.3) is 0 Å². The van der Waals surface area contributed by atoms with Gasteiger partial charge in [0.15, 0.2) is 0 Å². The monoisotopic (exact) mass is 415 g/mol. The number of ether oxygens (including phenoxy) is 3. The van der Waals surface area contributed by atoms with Gasteiger partial charge in [-0.25, -0.2) is 9.18 Å². The molecule has 1 fully saturated rings. The van der Waals surface area contributed by atoms with Gasteiger partial charge in [-0.3, -0.25) is 4.79 Å². The molecule has 6 nitrogen and oxygen atoms in total. The third-order valence-electron chi connectivity index (χ3n) is 5.18. The molecule has 1 saturated heterocycles. The zero-order valence-corrected chi connectivity index (χ0v) is 17.4. The standard InChI is InChI=1S/C23H26FNO5/c1-15(2)30-20-9-8-16(14-17(20)21(26)28-3)25-22(27)23(10-12-29-13-11-23)18-6-4-5-7-19(18)24/h4-9,14-15H,10-13H2,1-3H3,(H,25,27). The van der Waals surface area contributed by atoms with Gasteiger partial charge in [0, 0.05) is 24.5 Å². The van der Waals surface area contributed by atoms with Gasteiger partial charge in [-0.15, -0.1) is 0 Å². The number of carbonyl (C=O) groups excluding carboxylic acids is 2. The van der Waals surface area contributed by atoms with Crippen LogP contribution in [0.2, 0.25) is 0 Å². The van der Waals surface area contributed by atoms with E-state index in [9.17, 15) is 14.0 Å². The molecule has 0 saturated carbocycles. The molecular formula is C23H26FNO5. The number of amides is 1. The highest BCUT2D eigenvalue weighted by Gasteiger charge is 2.43. The third-order valence-corrected chi connectivity index (χ3v) is 5.18. The summed E-state index contributed by atoms with van der Waals surface area (Å²) in [7, 11) is 1.28. The highest BCUT2D eigenvalue weighted by atomic mass is 19.1. The number of halogens is 1. The van der Waals surface area contributed by atoms with Crippen molar-refractivity contribution in [1.29, 1.82) is 0 Å². The lowest BCUT2D eigenvalue weighted by Crippen LogP contribution is -2.45. The predicted molar refractivity (Wildman–Crippen MR) is 110 cm³/mol. The van der Waals surface area contributed by atoms with Crippen molar-refractivity contribution in [2.75, 3.05) is 25.6 Å². The van der Waals surface area contributed by atoms with E-state index < -0.39 is 17.2 Å². The van der Waals surface area contributed by atoms with Crippen molar-refractivity contribution in [3.05, 3.63) is 59.4 Å². The molecule has 0 bridgehead atoms. The molecule has 0 radical (unpaired) electrons. The fourth-order valence-corrected chi connectivity index (χ4v) is 3.67. The first-order valence-electron chi connectivity index (χ1n) is 9.90. The lowest BCUT2D eigenvalue weighted by atomic mass is 9.73. The van der Waals surface area contributed by atoms with Crippen molar-refractivity contribution in [2.24, 2.45) is 0 Å². The minimum atomic E-state index is -1.05. The molecule has 0 atom stereocenters. The predicted octanol–water partition coefficient (Wildman–Crippen LogP) is 4.09. The molecule has 1 aliphatic heterocycles. The number of rotatable bonds is 6. The molecule has 1 amide bonds. The molecule has 1 N–H and O–H groups in total. The zero-order valence-electron chi connectivity index (χ0n) is 17.4. The normalized spacial score (nSPS) is 15.5. The van der Waals surface area contributed by atoms with Crippen molar-refractivity contribution in [1.82, 2.24) is 0 Å². The number of anilines is 1. The average molecular weight is 415 g/mol. The molecule has 7 heteroatoms. The average Bonchev–Trinajstić information content (AvgIpc) is 2.74. The Morgan fingerprint density at radius 3 is 2.47 bits per heavy atom. The van der Waals surface area contributed by atoms with Crippen LogP contribution in [-0.4, -0.2) is 38.3 Å². The van der Waals surface area contributed by atoms with Crippen molar-refractivity contribution >= 4 is 17.6 Å². The highest BCUT2D eigenvalue weighted by Crippen LogP contribution is 2.38. The van der Waals surface area contributed by atoms with Gasteiger partial charge < -0.3 is 19.5 Å². The van der Waals surface area contributed by atoms with Crippen LogP contribution in [0.4, 0.5) is 10.1 Å². The van der Waals surface area contributed by atoms with Crippen LogP contribution in [0.25, 0.3) is 0 Å². The van der Waals surface area contributed by atoms with E-state index in [1.165, 1.54) is 19.2 Å². The maximum absolute atomic E-state index is 14.6. The smallest absolute Gasteiger partial charge is 0.341 e. The van der Waals surface area contributed by atoms with E-state index >= 15 is 0 Å². The second-order valence-corrected chi connectivity index (χ2v) is 7.50. The maximum atomic E-state index is 14.6. The van der Waals surface area contributed by atoms with Crippen LogP contribution in [-0.2, 0) is 19.7 Å². The van der Waals surface area contributed by atoms with E-state index in [1.54, 1.807) is 30.3 Å². The minimum absolute atomic E-state index is 0.139. The van der Waals surface area contributed by atoms with E-state index in [4.69, 9.17) is 14.2 Å². The first kappa shape index (κ1) is 21.8. The maximum Gasteiger partial charge on any atom is 0.341 e. The topological polar surface area (TPSA) is 73.9 Å². The summed E-state index contributed by atoms with van der Waals surface area (Å²) in [5, 5.41) is 2.85. The number of hydrogen-bond acceptors (Lipinski definition) is 5. The molecule has 0 aromatic heterocycles. The molecule has 2 aromatic rings. The van der Waals surface area contributed by atoms with Crippen LogP contribution < -0.4 is 10.1 Å². The zero-order chi connectivity index (χ0) is 21.7. The Hall–Kier alpha value is -2.93. The van der Waals surface area contributed by atoms with E-state index in [0.717, 1.165) is 0 Å². The van der Waals surface area contributed by atoms with Crippen LogP contribution in [0.5, 0.6) is 5.75 Å². The number of benzene rings is 2. The van der Waals surface area contributed by atoms with Crippen LogP contribution in [0.1, 0.15) is 42.6 Å². The highest BCUT2D eigenvalue weighted by molar-refractivity contribution is 6.01. The number of nitrogens with one attached hydrogen (secondary N) is 1. The van der Waals surface area contributed by atoms with Gasteiger partial charge in [0.1, 0.15) is 17.1 Å². The van der Waals surface area contributed by atoms with Gasteiger partial charge >= 0.3 is 5.97 Å². The summed E-state index contributed by atoms with van der Waals surface area (Å²) in [6.07, 6.45) is 0.580. The number of carbonyl (C=O) groups is 2. The van der Waals surface area contributed by atoms with Crippen molar-refractivity contribution in [3.63, 3.8) is 0 Å². The van der Waals surface area contributed by atoms with E-state index in [2.05, 4.69) is 5.32 Å². The van der Waals surface area contributed by atoms with Gasteiger partial charge in [-0.05, 0) is 51.0 Å². The largest absolute Gasteiger partial charge is 0.490 e. The summed E-state index contributed by atoms with van der Waals surface area (Å²) >= 11 is 0. The molecule has 1 heterocycles. The van der Waals surface area contributed by atoms with Crippen molar-refractivity contribution in [3.8, 4) is 5.75 Å². The summed E-state index contributed by atoms with van der Waals surface area (Å²) in [5.41, 5.74) is -0.101. The minimum Gasteiger partial charge on any atom is -0.490 e. The Balaban J connectivity index is 1.94. The van der Waals surface area contributed by atoms with Gasteiger partial charge in [0.2, 0.25) is 5.91 Å². The molecule has 3 rings (SSSR count). The quantitative estimate of drug-likeness (QED) is 0.720. The fourth-order valence-electron chi connectivity index (χ4n) is 3.67. The first-order valence-corrected chi connectivity index (χ1v) is 9.90. The number of esters is 1. The van der Waals surface area contributed by atoms with Crippen LogP contribution in [0.3, 0.4) is 0 Å².